The zero-order valence-corrected chi connectivity index (χ0v) is 7.54. The molecule has 1 aliphatic rings. The number of halogens is 12. The maximum absolute atomic E-state index is 12.3. The molecular formula is C6H2F12K2. The van der Waals surface area contributed by atoms with E-state index in [9.17, 15) is 52.7 Å². The molecule has 0 unspecified atom stereocenters. The molecule has 20 heavy (non-hydrogen) atoms. The van der Waals surface area contributed by atoms with Gasteiger partial charge in [-0.3, -0.25) is 0 Å². The Morgan fingerprint density at radius 2 is 0.300 bits per heavy atom. The Morgan fingerprint density at radius 3 is 0.350 bits per heavy atom. The molecule has 0 aromatic rings. The molecule has 0 aliphatic heterocycles. The molecule has 1 rings (SSSR count). The van der Waals surface area contributed by atoms with Crippen molar-refractivity contribution in [2.75, 3.05) is 0 Å². The third-order valence-electron chi connectivity index (χ3n) is 2.37. The molecule has 14 heteroatoms. The molecule has 0 atom stereocenters. The van der Waals surface area contributed by atoms with Gasteiger partial charge in [0.05, 0.1) is 0 Å². The van der Waals surface area contributed by atoms with Crippen LogP contribution in [0.1, 0.15) is 0 Å². The molecule has 0 spiro atoms. The van der Waals surface area contributed by atoms with Crippen molar-refractivity contribution in [3.63, 3.8) is 0 Å². The Kier molecular flexibility index (Phi) is 7.48. The summed E-state index contributed by atoms with van der Waals surface area (Å²) in [6.45, 7) is 0. The average molecular weight is 380 g/mol. The Balaban J connectivity index is 0. The first-order valence-corrected chi connectivity index (χ1v) is 3.77. The first-order valence-electron chi connectivity index (χ1n) is 3.77. The summed E-state index contributed by atoms with van der Waals surface area (Å²) in [5.74, 6) is -44.1. The number of rotatable bonds is 0. The van der Waals surface area contributed by atoms with Gasteiger partial charge in [0.25, 0.3) is 0 Å². The summed E-state index contributed by atoms with van der Waals surface area (Å²) < 4.78 is 148. The predicted octanol–water partition coefficient (Wildman–Crippen LogP) is 2.51. The predicted molar refractivity (Wildman–Crippen MR) is 44.0 cm³/mol. The summed E-state index contributed by atoms with van der Waals surface area (Å²) in [6, 6.07) is 0. The van der Waals surface area contributed by atoms with Crippen molar-refractivity contribution >= 4 is 103 Å². The van der Waals surface area contributed by atoms with Gasteiger partial charge in [0.2, 0.25) is 0 Å². The summed E-state index contributed by atoms with van der Waals surface area (Å²) in [4.78, 5) is 0. The van der Waals surface area contributed by atoms with Crippen LogP contribution in [-0.2, 0) is 0 Å². The molecule has 0 aromatic heterocycles. The quantitative estimate of drug-likeness (QED) is 0.448. The molecule has 0 nitrogen and oxygen atoms in total. The van der Waals surface area contributed by atoms with E-state index in [-0.39, 0.29) is 103 Å². The second-order valence-corrected chi connectivity index (χ2v) is 3.45. The zero-order chi connectivity index (χ0) is 15.0. The number of alkyl halides is 12. The van der Waals surface area contributed by atoms with E-state index in [1.54, 1.807) is 0 Å². The van der Waals surface area contributed by atoms with E-state index in [2.05, 4.69) is 0 Å². The van der Waals surface area contributed by atoms with Gasteiger partial charge < -0.3 is 0 Å². The summed E-state index contributed by atoms with van der Waals surface area (Å²) in [5, 5.41) is 0. The Bertz CT molecular complexity index is 257. The minimum atomic E-state index is -7.35. The Morgan fingerprint density at radius 1 is 0.250 bits per heavy atom. The SMILES string of the molecule is FC1(F)C(F)(F)C(F)(F)C(F)(F)C(F)(F)C1(F)F.[KH].[KH]. The summed E-state index contributed by atoms with van der Waals surface area (Å²) in [7, 11) is 0. The zero-order valence-electron chi connectivity index (χ0n) is 7.54. The van der Waals surface area contributed by atoms with Crippen molar-refractivity contribution in [2.45, 2.75) is 35.5 Å². The summed E-state index contributed by atoms with van der Waals surface area (Å²) in [6.07, 6.45) is 0. The van der Waals surface area contributed by atoms with E-state index in [1.807, 2.05) is 0 Å². The summed E-state index contributed by atoms with van der Waals surface area (Å²) in [5.41, 5.74) is 0. The van der Waals surface area contributed by atoms with Gasteiger partial charge >= 0.3 is 138 Å². The van der Waals surface area contributed by atoms with Crippen molar-refractivity contribution in [3.05, 3.63) is 0 Å². The van der Waals surface area contributed by atoms with Gasteiger partial charge in [-0.05, 0) is 0 Å². The normalized spacial score (nSPS) is 30.6. The maximum atomic E-state index is 12.3. The monoisotopic (exact) mass is 380 g/mol. The molecule has 1 aliphatic carbocycles. The molecule has 0 heterocycles. The minimum absolute atomic E-state index is 0. The topological polar surface area (TPSA) is 0 Å². The van der Waals surface area contributed by atoms with Crippen LogP contribution in [0.5, 0.6) is 0 Å². The molecule has 0 amide bonds. The van der Waals surface area contributed by atoms with E-state index in [0.29, 0.717) is 0 Å². The third-order valence-corrected chi connectivity index (χ3v) is 2.37. The molecule has 0 radical (unpaired) electrons. The first kappa shape index (κ1) is 24.7. The fraction of sp³-hybridized carbons (Fsp3) is 1.00. The van der Waals surface area contributed by atoms with Crippen molar-refractivity contribution in [1.82, 2.24) is 0 Å². The van der Waals surface area contributed by atoms with Crippen LogP contribution in [0.25, 0.3) is 0 Å². The van der Waals surface area contributed by atoms with Crippen molar-refractivity contribution in [2.24, 2.45) is 0 Å². The third kappa shape index (κ3) is 2.42. The molecule has 0 bridgehead atoms. The average Bonchev–Trinajstić information content (AvgIpc) is 2.14. The second-order valence-electron chi connectivity index (χ2n) is 3.45. The molecular weight excluding hydrogens is 378 g/mol. The fourth-order valence-corrected chi connectivity index (χ4v) is 1.18. The van der Waals surface area contributed by atoms with Crippen LogP contribution in [0.15, 0.2) is 0 Å². The Labute approximate surface area is 187 Å². The first-order chi connectivity index (χ1) is 7.50. The standard InChI is InChI=1S/C6F12.2K.2H/c7-1(8)2(9,10)4(13,14)6(17,18)5(15,16)3(1,11)12;;;;. The molecule has 1 fully saturated rings. The van der Waals surface area contributed by atoms with E-state index in [1.165, 1.54) is 0 Å². The van der Waals surface area contributed by atoms with Crippen LogP contribution in [0.4, 0.5) is 52.7 Å². The molecule has 0 N–H and O–H groups in total. The number of hydrogen-bond donors (Lipinski definition) is 0. The van der Waals surface area contributed by atoms with E-state index in [4.69, 9.17) is 0 Å². The van der Waals surface area contributed by atoms with E-state index in [0.717, 1.165) is 0 Å². The van der Waals surface area contributed by atoms with Crippen LogP contribution in [0.3, 0.4) is 0 Å². The number of hydrogen-bond acceptors (Lipinski definition) is 0. The van der Waals surface area contributed by atoms with Crippen molar-refractivity contribution in [1.29, 1.82) is 0 Å². The van der Waals surface area contributed by atoms with E-state index >= 15 is 0 Å². The van der Waals surface area contributed by atoms with Crippen LogP contribution in [-0.4, -0.2) is 138 Å². The van der Waals surface area contributed by atoms with Gasteiger partial charge in [0.1, 0.15) is 0 Å². The van der Waals surface area contributed by atoms with Gasteiger partial charge in [-0.25, -0.2) is 0 Å². The van der Waals surface area contributed by atoms with Crippen LogP contribution in [0, 0.1) is 0 Å². The molecule has 112 valence electrons. The van der Waals surface area contributed by atoms with Crippen LogP contribution < -0.4 is 0 Å². The second kappa shape index (κ2) is 6.06. The van der Waals surface area contributed by atoms with E-state index < -0.39 is 35.5 Å². The molecule has 1 saturated carbocycles. The van der Waals surface area contributed by atoms with Gasteiger partial charge in [0, 0.05) is 0 Å². The van der Waals surface area contributed by atoms with Gasteiger partial charge in [-0.15, -0.1) is 0 Å². The van der Waals surface area contributed by atoms with Crippen molar-refractivity contribution < 1.29 is 52.7 Å². The van der Waals surface area contributed by atoms with Crippen LogP contribution >= 0.6 is 0 Å². The molecule has 0 saturated heterocycles. The summed E-state index contributed by atoms with van der Waals surface area (Å²) >= 11 is 0. The van der Waals surface area contributed by atoms with Crippen molar-refractivity contribution in [3.8, 4) is 0 Å². The van der Waals surface area contributed by atoms with Gasteiger partial charge in [0.15, 0.2) is 0 Å². The van der Waals surface area contributed by atoms with Crippen LogP contribution in [0.2, 0.25) is 0 Å². The molecule has 0 aromatic carbocycles. The fourth-order valence-electron chi connectivity index (χ4n) is 1.18. The van der Waals surface area contributed by atoms with Gasteiger partial charge in [-0.1, -0.05) is 0 Å². The Hall–Kier alpha value is 2.43. The van der Waals surface area contributed by atoms with Gasteiger partial charge in [-0.2, -0.15) is 52.7 Å².